The van der Waals surface area contributed by atoms with Gasteiger partial charge in [0.2, 0.25) is 0 Å². The number of hydrogen-bond acceptors (Lipinski definition) is 6. The van der Waals surface area contributed by atoms with Crippen LogP contribution in [0.1, 0.15) is 36.0 Å². The molecule has 4 heterocycles. The summed E-state index contributed by atoms with van der Waals surface area (Å²) in [6.07, 6.45) is 8.17. The van der Waals surface area contributed by atoms with Crippen LogP contribution in [0.4, 0.5) is 11.4 Å². The lowest BCUT2D eigenvalue weighted by Gasteiger charge is -2.27. The third kappa shape index (κ3) is 4.06. The van der Waals surface area contributed by atoms with Gasteiger partial charge >= 0.3 is 0 Å². The van der Waals surface area contributed by atoms with Gasteiger partial charge in [-0.05, 0) is 80.0 Å². The number of pyridine rings is 1. The van der Waals surface area contributed by atoms with Gasteiger partial charge in [0, 0.05) is 66.9 Å². The first-order valence-corrected chi connectivity index (χ1v) is 14.9. The van der Waals surface area contributed by atoms with Gasteiger partial charge in [-0.15, -0.1) is 0 Å². The third-order valence-corrected chi connectivity index (χ3v) is 9.56. The van der Waals surface area contributed by atoms with E-state index in [9.17, 15) is 4.79 Å². The van der Waals surface area contributed by atoms with Crippen LogP contribution >= 0.6 is 0 Å². The lowest BCUT2D eigenvalue weighted by molar-refractivity contribution is 0.0700. The van der Waals surface area contributed by atoms with E-state index in [0.717, 1.165) is 59.9 Å². The number of aryl methyl sites for hydroxylation is 1. The Bertz CT molecular complexity index is 1840. The van der Waals surface area contributed by atoms with Gasteiger partial charge < -0.3 is 29.8 Å². The molecule has 3 aliphatic rings. The lowest BCUT2D eigenvalue weighted by atomic mass is 10.1. The molecule has 2 unspecified atom stereocenters. The number of nitrogens with zero attached hydrogens (tertiary/aromatic N) is 5. The molecular formula is C33H35N7O2. The van der Waals surface area contributed by atoms with Crippen LogP contribution in [0.25, 0.3) is 33.5 Å². The van der Waals surface area contributed by atoms with Crippen molar-refractivity contribution < 1.29 is 9.53 Å². The number of ether oxygens (including phenoxy) is 1. The first-order chi connectivity index (χ1) is 20.5. The Balaban J connectivity index is 1.21. The standard InChI is InChI=1S/C33H35N7O2/c1-38-31-25(13-22(15-29(31)42-2)33(41)40-18-21-6-8-26(40)30(21)34)37-32(38)28-14-20-5-7-24(36-23-9-11-35-12-10-23)16-27(20)39(28)17-19-3-4-19/h5,7,9-16,19,21,26,30H,3-4,6,8,17-18,34H2,1-2H3,(H,35,36)/t21?,26?,30-/m1/s1. The minimum Gasteiger partial charge on any atom is -0.494 e. The Morgan fingerprint density at radius 1 is 1.05 bits per heavy atom. The number of aromatic nitrogens is 4. The summed E-state index contributed by atoms with van der Waals surface area (Å²) >= 11 is 0. The Labute approximate surface area is 244 Å². The van der Waals surface area contributed by atoms with Gasteiger partial charge in [-0.3, -0.25) is 9.78 Å². The number of amides is 1. The predicted octanol–water partition coefficient (Wildman–Crippen LogP) is 5.31. The molecule has 214 valence electrons. The molecule has 1 aliphatic heterocycles. The summed E-state index contributed by atoms with van der Waals surface area (Å²) in [5, 5.41) is 4.68. The molecule has 2 aromatic carbocycles. The number of carbonyl (C=O) groups excluding carboxylic acids is 1. The molecule has 0 spiro atoms. The van der Waals surface area contributed by atoms with Gasteiger partial charge in [-0.2, -0.15) is 0 Å². The fourth-order valence-corrected chi connectivity index (χ4v) is 7.14. The number of rotatable bonds is 7. The van der Waals surface area contributed by atoms with E-state index in [2.05, 4.69) is 43.7 Å². The fraction of sp³-hybridized carbons (Fsp3) is 0.364. The van der Waals surface area contributed by atoms with Gasteiger partial charge in [0.15, 0.2) is 5.82 Å². The maximum Gasteiger partial charge on any atom is 0.254 e. The SMILES string of the molecule is COc1cc(C(=O)N2CC3CCC2[C@@H]3N)cc2nc(-c3cc4ccc(Nc5ccncc5)cc4n3CC3CC3)n(C)c12. The van der Waals surface area contributed by atoms with Crippen molar-refractivity contribution in [3.63, 3.8) is 0 Å². The number of piperidine rings is 1. The van der Waals surface area contributed by atoms with Crippen molar-refractivity contribution in [3.8, 4) is 17.3 Å². The second-order valence-corrected chi connectivity index (χ2v) is 12.2. The quantitative estimate of drug-likeness (QED) is 0.279. The van der Waals surface area contributed by atoms with Gasteiger partial charge in [-0.25, -0.2) is 4.98 Å². The van der Waals surface area contributed by atoms with Crippen molar-refractivity contribution in [3.05, 3.63) is 66.5 Å². The zero-order valence-electron chi connectivity index (χ0n) is 24.0. The normalized spacial score (nSPS) is 21.5. The van der Waals surface area contributed by atoms with E-state index in [4.69, 9.17) is 15.5 Å². The molecule has 3 N–H and O–H groups in total. The number of nitrogens with one attached hydrogen (secondary N) is 1. The lowest BCUT2D eigenvalue weighted by Crippen LogP contribution is -2.41. The molecule has 3 atom stereocenters. The van der Waals surface area contributed by atoms with Gasteiger partial charge in [0.1, 0.15) is 11.3 Å². The van der Waals surface area contributed by atoms with Gasteiger partial charge in [0.05, 0.1) is 23.8 Å². The summed E-state index contributed by atoms with van der Waals surface area (Å²) in [6, 6.07) is 16.7. The van der Waals surface area contributed by atoms with Crippen LogP contribution in [-0.2, 0) is 13.6 Å². The Hall–Kier alpha value is -4.37. The van der Waals surface area contributed by atoms with E-state index in [0.29, 0.717) is 23.1 Å². The van der Waals surface area contributed by atoms with E-state index < -0.39 is 0 Å². The molecule has 5 aromatic rings. The fourth-order valence-electron chi connectivity index (χ4n) is 7.14. The number of carbonyl (C=O) groups is 1. The van der Waals surface area contributed by atoms with Crippen molar-refractivity contribution in [2.45, 2.75) is 44.3 Å². The molecule has 1 amide bonds. The molecule has 42 heavy (non-hydrogen) atoms. The smallest absolute Gasteiger partial charge is 0.254 e. The van der Waals surface area contributed by atoms with Crippen LogP contribution in [0.15, 0.2) is 60.9 Å². The summed E-state index contributed by atoms with van der Waals surface area (Å²) < 4.78 is 10.4. The number of methoxy groups -OCH3 is 1. The summed E-state index contributed by atoms with van der Waals surface area (Å²) in [6.45, 7) is 1.68. The minimum absolute atomic E-state index is 0.0159. The Morgan fingerprint density at radius 2 is 1.88 bits per heavy atom. The highest BCUT2D eigenvalue weighted by Gasteiger charge is 2.47. The van der Waals surface area contributed by atoms with Crippen LogP contribution in [0, 0.1) is 11.8 Å². The van der Waals surface area contributed by atoms with Crippen molar-refractivity contribution in [2.24, 2.45) is 24.6 Å². The van der Waals surface area contributed by atoms with E-state index >= 15 is 0 Å². The third-order valence-electron chi connectivity index (χ3n) is 9.56. The van der Waals surface area contributed by atoms with Crippen LogP contribution in [0.5, 0.6) is 5.75 Å². The molecule has 2 saturated carbocycles. The van der Waals surface area contributed by atoms with Crippen LogP contribution < -0.4 is 15.8 Å². The number of fused-ring (bicyclic) bond motifs is 4. The highest BCUT2D eigenvalue weighted by Crippen LogP contribution is 2.40. The van der Waals surface area contributed by atoms with Crippen molar-refractivity contribution >= 4 is 39.2 Å². The van der Waals surface area contributed by atoms with E-state index in [-0.39, 0.29) is 18.0 Å². The van der Waals surface area contributed by atoms with Crippen molar-refractivity contribution in [2.75, 3.05) is 19.0 Å². The summed E-state index contributed by atoms with van der Waals surface area (Å²) in [4.78, 5) is 24.9. The summed E-state index contributed by atoms with van der Waals surface area (Å²) in [7, 11) is 3.69. The average Bonchev–Trinajstić information content (AvgIpc) is 3.42. The molecule has 3 aromatic heterocycles. The number of likely N-dealkylation sites (tertiary alicyclic amines) is 1. The summed E-state index contributed by atoms with van der Waals surface area (Å²) in [5.41, 5.74) is 12.9. The van der Waals surface area contributed by atoms with Gasteiger partial charge in [0.25, 0.3) is 5.91 Å². The predicted molar refractivity (Wildman–Crippen MR) is 164 cm³/mol. The van der Waals surface area contributed by atoms with E-state index in [1.165, 1.54) is 23.7 Å². The number of imidazole rings is 1. The molecule has 3 fully saturated rings. The van der Waals surface area contributed by atoms with Crippen molar-refractivity contribution in [1.29, 1.82) is 0 Å². The highest BCUT2D eigenvalue weighted by molar-refractivity contribution is 6.00. The van der Waals surface area contributed by atoms with Crippen LogP contribution in [0.2, 0.25) is 0 Å². The molecule has 0 radical (unpaired) electrons. The second kappa shape index (κ2) is 9.59. The first kappa shape index (κ1) is 25.3. The maximum atomic E-state index is 13.7. The largest absolute Gasteiger partial charge is 0.494 e. The molecule has 1 saturated heterocycles. The topological polar surface area (TPSA) is 103 Å². The van der Waals surface area contributed by atoms with Crippen LogP contribution in [0.3, 0.4) is 0 Å². The maximum absolute atomic E-state index is 13.7. The minimum atomic E-state index is 0.0159. The number of benzene rings is 2. The number of nitrogens with two attached hydrogens (primary N) is 1. The first-order valence-electron chi connectivity index (χ1n) is 14.9. The Kier molecular flexibility index (Phi) is 5.79. The zero-order chi connectivity index (χ0) is 28.5. The molecule has 9 heteroatoms. The van der Waals surface area contributed by atoms with Crippen LogP contribution in [-0.4, -0.2) is 55.6 Å². The van der Waals surface area contributed by atoms with Gasteiger partial charge in [-0.1, -0.05) is 6.07 Å². The number of hydrogen-bond donors (Lipinski definition) is 2. The molecule has 8 rings (SSSR count). The Morgan fingerprint density at radius 3 is 2.60 bits per heavy atom. The monoisotopic (exact) mass is 561 g/mol. The average molecular weight is 562 g/mol. The zero-order valence-corrected chi connectivity index (χ0v) is 24.0. The molecule has 2 bridgehead atoms. The van der Waals surface area contributed by atoms with E-state index in [1.54, 1.807) is 19.5 Å². The molecule has 2 aliphatic carbocycles. The summed E-state index contributed by atoms with van der Waals surface area (Å²) in [5.74, 6) is 2.60. The van der Waals surface area contributed by atoms with Crippen molar-refractivity contribution in [1.82, 2.24) is 24.0 Å². The highest BCUT2D eigenvalue weighted by atomic mass is 16.5. The number of anilines is 2. The van der Waals surface area contributed by atoms with E-state index in [1.807, 2.05) is 36.2 Å². The molecular weight excluding hydrogens is 526 g/mol. The second-order valence-electron chi connectivity index (χ2n) is 12.2. The molecule has 9 nitrogen and oxygen atoms in total.